The van der Waals surface area contributed by atoms with Crippen LogP contribution in [0, 0.1) is 5.41 Å². The zero-order valence-electron chi connectivity index (χ0n) is 9.83. The molecular formula is C12H22BrNO2. The van der Waals surface area contributed by atoms with Crippen LogP contribution < -0.4 is 0 Å². The van der Waals surface area contributed by atoms with Gasteiger partial charge >= 0.3 is 0 Å². The van der Waals surface area contributed by atoms with E-state index in [1.54, 1.807) is 0 Å². The molecule has 0 aromatic carbocycles. The Morgan fingerprint density at radius 1 is 1.38 bits per heavy atom. The van der Waals surface area contributed by atoms with Crippen molar-refractivity contribution in [2.45, 2.75) is 31.8 Å². The van der Waals surface area contributed by atoms with Gasteiger partial charge in [-0.15, -0.1) is 0 Å². The van der Waals surface area contributed by atoms with Crippen LogP contribution in [0.2, 0.25) is 0 Å². The van der Waals surface area contributed by atoms with Crippen LogP contribution in [0.5, 0.6) is 0 Å². The van der Waals surface area contributed by atoms with Crippen molar-refractivity contribution in [1.29, 1.82) is 0 Å². The van der Waals surface area contributed by atoms with Crippen molar-refractivity contribution in [3.8, 4) is 0 Å². The standard InChI is InChI=1S/C12H22BrNO2/c13-9-12(3-6-16-7-4-12)10-14-5-1-2-11(15)8-14/h11,15H,1-10H2. The molecule has 1 unspecified atom stereocenters. The van der Waals surface area contributed by atoms with Gasteiger partial charge in [-0.1, -0.05) is 15.9 Å². The fraction of sp³-hybridized carbons (Fsp3) is 1.00. The molecule has 2 saturated heterocycles. The van der Waals surface area contributed by atoms with Gasteiger partial charge in [0.1, 0.15) is 0 Å². The Balaban J connectivity index is 1.89. The SMILES string of the molecule is OC1CCCN(CC2(CBr)CCOCC2)C1. The number of piperidine rings is 1. The summed E-state index contributed by atoms with van der Waals surface area (Å²) in [6, 6.07) is 0. The molecule has 2 aliphatic rings. The van der Waals surface area contributed by atoms with Crippen LogP contribution in [0.15, 0.2) is 0 Å². The molecule has 2 heterocycles. The largest absolute Gasteiger partial charge is 0.392 e. The molecule has 4 heteroatoms. The van der Waals surface area contributed by atoms with E-state index < -0.39 is 0 Å². The molecule has 16 heavy (non-hydrogen) atoms. The lowest BCUT2D eigenvalue weighted by atomic mass is 9.81. The predicted molar refractivity (Wildman–Crippen MR) is 68.0 cm³/mol. The zero-order chi connectivity index (χ0) is 11.4. The lowest BCUT2D eigenvalue weighted by Crippen LogP contribution is -2.47. The number of hydrogen-bond acceptors (Lipinski definition) is 3. The molecular weight excluding hydrogens is 270 g/mol. The van der Waals surface area contributed by atoms with E-state index in [2.05, 4.69) is 20.8 Å². The maximum absolute atomic E-state index is 9.69. The van der Waals surface area contributed by atoms with E-state index in [0.29, 0.717) is 5.41 Å². The Kier molecular flexibility index (Phi) is 4.65. The van der Waals surface area contributed by atoms with Crippen molar-refractivity contribution in [1.82, 2.24) is 4.90 Å². The molecule has 0 amide bonds. The van der Waals surface area contributed by atoms with E-state index in [1.165, 1.54) is 0 Å². The number of rotatable bonds is 3. The minimum absolute atomic E-state index is 0.110. The monoisotopic (exact) mass is 291 g/mol. The van der Waals surface area contributed by atoms with Crippen molar-refractivity contribution in [2.75, 3.05) is 38.2 Å². The summed E-state index contributed by atoms with van der Waals surface area (Å²) in [5.74, 6) is 0. The van der Waals surface area contributed by atoms with Crippen LogP contribution in [-0.2, 0) is 4.74 Å². The topological polar surface area (TPSA) is 32.7 Å². The van der Waals surface area contributed by atoms with Crippen molar-refractivity contribution in [2.24, 2.45) is 5.41 Å². The summed E-state index contributed by atoms with van der Waals surface area (Å²) in [5, 5.41) is 10.7. The summed E-state index contributed by atoms with van der Waals surface area (Å²) in [5.41, 5.74) is 0.370. The summed E-state index contributed by atoms with van der Waals surface area (Å²) >= 11 is 3.67. The minimum atomic E-state index is -0.110. The second-order valence-electron chi connectivity index (χ2n) is 5.28. The number of aliphatic hydroxyl groups is 1. The Morgan fingerprint density at radius 3 is 2.75 bits per heavy atom. The Morgan fingerprint density at radius 2 is 2.12 bits per heavy atom. The molecule has 0 saturated carbocycles. The molecule has 94 valence electrons. The average Bonchev–Trinajstić information content (AvgIpc) is 2.30. The smallest absolute Gasteiger partial charge is 0.0667 e. The van der Waals surface area contributed by atoms with Crippen LogP contribution in [0.25, 0.3) is 0 Å². The van der Waals surface area contributed by atoms with Gasteiger partial charge in [0.15, 0.2) is 0 Å². The predicted octanol–water partition coefficient (Wildman–Crippen LogP) is 1.63. The lowest BCUT2D eigenvalue weighted by Gasteiger charge is -2.41. The summed E-state index contributed by atoms with van der Waals surface area (Å²) in [7, 11) is 0. The average molecular weight is 292 g/mol. The number of halogens is 1. The first-order chi connectivity index (χ1) is 7.74. The highest BCUT2D eigenvalue weighted by molar-refractivity contribution is 9.09. The highest BCUT2D eigenvalue weighted by Crippen LogP contribution is 2.34. The molecule has 2 fully saturated rings. The number of aliphatic hydroxyl groups excluding tert-OH is 1. The molecule has 0 radical (unpaired) electrons. The molecule has 0 aliphatic carbocycles. The third-order valence-corrected chi connectivity index (χ3v) is 5.07. The van der Waals surface area contributed by atoms with Gasteiger partial charge in [-0.25, -0.2) is 0 Å². The van der Waals surface area contributed by atoms with E-state index in [9.17, 15) is 5.11 Å². The number of likely N-dealkylation sites (tertiary alicyclic amines) is 1. The normalized spacial score (nSPS) is 31.5. The zero-order valence-corrected chi connectivity index (χ0v) is 11.4. The maximum Gasteiger partial charge on any atom is 0.0667 e. The van der Waals surface area contributed by atoms with E-state index >= 15 is 0 Å². The van der Waals surface area contributed by atoms with E-state index in [1.807, 2.05) is 0 Å². The van der Waals surface area contributed by atoms with Gasteiger partial charge in [0, 0.05) is 31.6 Å². The van der Waals surface area contributed by atoms with Crippen LogP contribution in [0.1, 0.15) is 25.7 Å². The van der Waals surface area contributed by atoms with E-state index in [-0.39, 0.29) is 6.10 Å². The first-order valence-electron chi connectivity index (χ1n) is 6.28. The Labute approximate surface area is 106 Å². The molecule has 0 aromatic heterocycles. The second kappa shape index (κ2) is 5.80. The Bertz CT molecular complexity index is 219. The van der Waals surface area contributed by atoms with Crippen molar-refractivity contribution < 1.29 is 9.84 Å². The van der Waals surface area contributed by atoms with Crippen molar-refractivity contribution in [3.63, 3.8) is 0 Å². The summed E-state index contributed by atoms with van der Waals surface area (Å²) in [6.07, 6.45) is 4.29. The summed E-state index contributed by atoms with van der Waals surface area (Å²) in [6.45, 7) is 4.89. The molecule has 1 atom stereocenters. The van der Waals surface area contributed by atoms with Crippen molar-refractivity contribution >= 4 is 15.9 Å². The highest BCUT2D eigenvalue weighted by Gasteiger charge is 2.34. The number of ether oxygens (including phenoxy) is 1. The molecule has 0 spiro atoms. The van der Waals surface area contributed by atoms with Gasteiger partial charge in [0.2, 0.25) is 0 Å². The first-order valence-corrected chi connectivity index (χ1v) is 7.40. The van der Waals surface area contributed by atoms with Gasteiger partial charge in [-0.3, -0.25) is 0 Å². The van der Waals surface area contributed by atoms with Gasteiger partial charge in [-0.05, 0) is 37.6 Å². The van der Waals surface area contributed by atoms with Crippen LogP contribution >= 0.6 is 15.9 Å². The van der Waals surface area contributed by atoms with Crippen LogP contribution in [0.3, 0.4) is 0 Å². The highest BCUT2D eigenvalue weighted by atomic mass is 79.9. The van der Waals surface area contributed by atoms with Crippen LogP contribution in [0.4, 0.5) is 0 Å². The molecule has 2 aliphatic heterocycles. The Hall–Kier alpha value is 0.360. The summed E-state index contributed by atoms with van der Waals surface area (Å²) in [4.78, 5) is 2.43. The fourth-order valence-electron chi connectivity index (χ4n) is 2.79. The quantitative estimate of drug-likeness (QED) is 0.803. The fourth-order valence-corrected chi connectivity index (χ4v) is 3.53. The van der Waals surface area contributed by atoms with Gasteiger partial charge in [0.05, 0.1) is 6.10 Å². The maximum atomic E-state index is 9.69. The molecule has 2 rings (SSSR count). The van der Waals surface area contributed by atoms with Gasteiger partial charge in [0.25, 0.3) is 0 Å². The number of nitrogens with zero attached hydrogens (tertiary/aromatic N) is 1. The molecule has 3 nitrogen and oxygen atoms in total. The third kappa shape index (κ3) is 3.19. The van der Waals surface area contributed by atoms with E-state index in [4.69, 9.17) is 4.74 Å². The minimum Gasteiger partial charge on any atom is -0.392 e. The lowest BCUT2D eigenvalue weighted by molar-refractivity contribution is -0.00924. The second-order valence-corrected chi connectivity index (χ2v) is 5.84. The van der Waals surface area contributed by atoms with E-state index in [0.717, 1.165) is 63.9 Å². The molecule has 0 bridgehead atoms. The van der Waals surface area contributed by atoms with Crippen LogP contribution in [-0.4, -0.2) is 54.3 Å². The van der Waals surface area contributed by atoms with Gasteiger partial charge < -0.3 is 14.7 Å². The molecule has 0 aromatic rings. The first kappa shape index (κ1) is 12.8. The number of hydrogen-bond donors (Lipinski definition) is 1. The third-order valence-electron chi connectivity index (χ3n) is 3.88. The van der Waals surface area contributed by atoms with Gasteiger partial charge in [-0.2, -0.15) is 0 Å². The van der Waals surface area contributed by atoms with Crippen molar-refractivity contribution in [3.05, 3.63) is 0 Å². The number of alkyl halides is 1. The number of β-amino-alcohol motifs (C(OH)–C–C–N with tert-alkyl or cyclic N) is 1. The summed E-state index contributed by atoms with van der Waals surface area (Å²) < 4.78 is 5.45. The molecule has 1 N–H and O–H groups in total.